The number of ether oxygens (including phenoxy) is 2. The minimum absolute atomic E-state index is 0.0351. The van der Waals surface area contributed by atoms with E-state index < -0.39 is 0 Å². The molecule has 28 heavy (non-hydrogen) atoms. The van der Waals surface area contributed by atoms with Crippen LogP contribution in [-0.4, -0.2) is 50.2 Å². The number of pyridine rings is 1. The van der Waals surface area contributed by atoms with Crippen molar-refractivity contribution in [2.24, 2.45) is 0 Å². The van der Waals surface area contributed by atoms with Gasteiger partial charge in [-0.15, -0.1) is 0 Å². The average molecular weight is 382 g/mol. The molecule has 1 N–H and O–H groups in total. The zero-order chi connectivity index (χ0) is 19.8. The van der Waals surface area contributed by atoms with E-state index in [4.69, 9.17) is 9.47 Å². The summed E-state index contributed by atoms with van der Waals surface area (Å²) in [6.07, 6.45) is 7.31. The number of carbonyl (C=O) groups is 1. The van der Waals surface area contributed by atoms with E-state index in [1.807, 2.05) is 55.4 Å². The lowest BCUT2D eigenvalue weighted by molar-refractivity contribution is -0.377. The maximum Gasteiger partial charge on any atom is 0.246 e. The Morgan fingerprint density at radius 3 is 2.36 bits per heavy atom. The fourth-order valence-corrected chi connectivity index (χ4v) is 3.22. The Morgan fingerprint density at radius 2 is 1.68 bits per heavy atom. The number of amides is 1. The van der Waals surface area contributed by atoms with Gasteiger partial charge in [-0.3, -0.25) is 4.79 Å². The molecule has 2 heterocycles. The van der Waals surface area contributed by atoms with Crippen molar-refractivity contribution in [3.05, 3.63) is 54.4 Å². The maximum atomic E-state index is 12.6. The summed E-state index contributed by atoms with van der Waals surface area (Å²) < 4.78 is 11.2. The predicted molar refractivity (Wildman–Crippen MR) is 110 cm³/mol. The van der Waals surface area contributed by atoms with Crippen LogP contribution >= 0.6 is 0 Å². The lowest BCUT2D eigenvalue weighted by Crippen LogP contribution is -2.48. The number of anilines is 1. The van der Waals surface area contributed by atoms with E-state index in [9.17, 15) is 4.79 Å². The Balaban J connectivity index is 1.59. The number of hydrogen-bond acceptors (Lipinski definition) is 4. The Hall–Kier alpha value is -3.02. The van der Waals surface area contributed by atoms with Crippen LogP contribution in [0.3, 0.4) is 0 Å². The van der Waals surface area contributed by atoms with Crippen molar-refractivity contribution in [3.8, 4) is 11.5 Å². The highest BCUT2D eigenvalue weighted by molar-refractivity contribution is 5.92. The van der Waals surface area contributed by atoms with Gasteiger partial charge in [0.05, 0.1) is 13.2 Å². The average Bonchev–Trinajstić information content (AvgIpc) is 2.75. The SMILES string of the molecule is CCOc1ccc(/C=C/C(=O)N2CCN(c3cc[nH+]cc3)CC2)cc1OCC. The molecule has 1 aliphatic rings. The molecule has 0 unspecified atom stereocenters. The van der Waals surface area contributed by atoms with E-state index in [-0.39, 0.29) is 5.91 Å². The number of nitrogens with zero attached hydrogens (tertiary/aromatic N) is 2. The lowest BCUT2D eigenvalue weighted by Gasteiger charge is -2.35. The van der Waals surface area contributed by atoms with E-state index in [1.165, 1.54) is 5.69 Å². The number of aromatic amines is 1. The van der Waals surface area contributed by atoms with Gasteiger partial charge in [-0.25, -0.2) is 4.98 Å². The van der Waals surface area contributed by atoms with Crippen molar-refractivity contribution < 1.29 is 19.3 Å². The van der Waals surface area contributed by atoms with Gasteiger partial charge in [0.1, 0.15) is 0 Å². The van der Waals surface area contributed by atoms with E-state index in [2.05, 4.69) is 22.0 Å². The molecule has 148 valence electrons. The highest BCUT2D eigenvalue weighted by Gasteiger charge is 2.20. The Labute approximate surface area is 166 Å². The topological polar surface area (TPSA) is 56.2 Å². The van der Waals surface area contributed by atoms with E-state index in [1.54, 1.807) is 6.08 Å². The Bertz CT molecular complexity index is 800. The zero-order valence-electron chi connectivity index (χ0n) is 16.6. The second-order valence-corrected chi connectivity index (χ2v) is 6.48. The summed E-state index contributed by atoms with van der Waals surface area (Å²) in [7, 11) is 0. The smallest absolute Gasteiger partial charge is 0.246 e. The Morgan fingerprint density at radius 1 is 1.00 bits per heavy atom. The molecule has 0 bridgehead atoms. The summed E-state index contributed by atoms with van der Waals surface area (Å²) in [5, 5.41) is 0. The van der Waals surface area contributed by atoms with Crippen LogP contribution in [0.5, 0.6) is 11.5 Å². The second kappa shape index (κ2) is 9.78. The molecule has 2 aromatic rings. The lowest BCUT2D eigenvalue weighted by atomic mass is 10.1. The number of nitrogens with one attached hydrogen (secondary N) is 1. The van der Waals surface area contributed by atoms with Crippen LogP contribution in [0.15, 0.2) is 48.8 Å². The first-order valence-corrected chi connectivity index (χ1v) is 9.79. The zero-order valence-corrected chi connectivity index (χ0v) is 16.6. The van der Waals surface area contributed by atoms with Crippen LogP contribution in [0.25, 0.3) is 6.08 Å². The third kappa shape index (κ3) is 5.03. The van der Waals surface area contributed by atoms with Crippen molar-refractivity contribution in [1.29, 1.82) is 0 Å². The first-order chi connectivity index (χ1) is 13.7. The van der Waals surface area contributed by atoms with Crippen molar-refractivity contribution >= 4 is 17.7 Å². The molecule has 0 saturated carbocycles. The van der Waals surface area contributed by atoms with Crippen LogP contribution in [0, 0.1) is 0 Å². The van der Waals surface area contributed by atoms with Gasteiger partial charge >= 0.3 is 0 Å². The summed E-state index contributed by atoms with van der Waals surface area (Å²) in [4.78, 5) is 19.8. The second-order valence-electron chi connectivity index (χ2n) is 6.48. The fraction of sp³-hybridized carbons (Fsp3) is 0.364. The van der Waals surface area contributed by atoms with Crippen LogP contribution in [0.2, 0.25) is 0 Å². The summed E-state index contributed by atoms with van der Waals surface area (Å²) >= 11 is 0. The fourth-order valence-electron chi connectivity index (χ4n) is 3.22. The number of hydrogen-bond donors (Lipinski definition) is 0. The van der Waals surface area contributed by atoms with Crippen molar-refractivity contribution in [1.82, 2.24) is 4.90 Å². The molecule has 0 radical (unpaired) electrons. The normalized spacial score (nSPS) is 14.4. The summed E-state index contributed by atoms with van der Waals surface area (Å²) in [6.45, 7) is 8.14. The highest BCUT2D eigenvalue weighted by atomic mass is 16.5. The van der Waals surface area contributed by atoms with Crippen LogP contribution in [-0.2, 0) is 4.79 Å². The van der Waals surface area contributed by atoms with Crippen molar-refractivity contribution in [2.75, 3.05) is 44.3 Å². The number of rotatable bonds is 7. The van der Waals surface area contributed by atoms with E-state index >= 15 is 0 Å². The number of carbonyl (C=O) groups excluding carboxylic acids is 1. The van der Waals surface area contributed by atoms with E-state index in [0.29, 0.717) is 19.0 Å². The van der Waals surface area contributed by atoms with Gasteiger partial charge in [0.25, 0.3) is 0 Å². The molecule has 1 aromatic carbocycles. The minimum Gasteiger partial charge on any atom is -0.490 e. The van der Waals surface area contributed by atoms with E-state index in [0.717, 1.165) is 37.5 Å². The third-order valence-corrected chi connectivity index (χ3v) is 4.64. The van der Waals surface area contributed by atoms with Gasteiger partial charge in [-0.2, -0.15) is 0 Å². The maximum absolute atomic E-state index is 12.6. The molecule has 0 aliphatic carbocycles. The van der Waals surface area contributed by atoms with Crippen LogP contribution in [0.4, 0.5) is 5.69 Å². The third-order valence-electron chi connectivity index (χ3n) is 4.64. The number of aromatic nitrogens is 1. The van der Waals surface area contributed by atoms with Gasteiger partial charge in [0.2, 0.25) is 5.91 Å². The molecule has 1 aliphatic heterocycles. The first-order valence-electron chi connectivity index (χ1n) is 9.79. The molecule has 0 spiro atoms. The van der Waals surface area contributed by atoms with Gasteiger partial charge in [0, 0.05) is 50.1 Å². The van der Waals surface area contributed by atoms with Crippen LogP contribution < -0.4 is 19.4 Å². The number of piperazine rings is 1. The Kier molecular flexibility index (Phi) is 6.89. The van der Waals surface area contributed by atoms with Crippen LogP contribution in [0.1, 0.15) is 19.4 Å². The quantitative estimate of drug-likeness (QED) is 0.691. The molecule has 1 amide bonds. The molecule has 0 atom stereocenters. The number of H-pyrrole nitrogens is 1. The molecule has 1 fully saturated rings. The molecule has 6 heteroatoms. The van der Waals surface area contributed by atoms with Gasteiger partial charge in [-0.1, -0.05) is 6.07 Å². The highest BCUT2D eigenvalue weighted by Crippen LogP contribution is 2.29. The molecule has 1 aromatic heterocycles. The molecule has 3 rings (SSSR count). The predicted octanol–water partition coefficient (Wildman–Crippen LogP) is 2.66. The first kappa shape index (κ1) is 19.7. The minimum atomic E-state index is 0.0351. The molecule has 6 nitrogen and oxygen atoms in total. The van der Waals surface area contributed by atoms with Crippen molar-refractivity contribution in [3.63, 3.8) is 0 Å². The van der Waals surface area contributed by atoms with Gasteiger partial charge in [-0.05, 0) is 37.6 Å². The summed E-state index contributed by atoms with van der Waals surface area (Å²) in [6, 6.07) is 9.83. The largest absolute Gasteiger partial charge is 0.490 e. The summed E-state index contributed by atoms with van der Waals surface area (Å²) in [5.74, 6) is 1.46. The molecule has 1 saturated heterocycles. The summed E-state index contributed by atoms with van der Waals surface area (Å²) in [5.41, 5.74) is 2.10. The van der Waals surface area contributed by atoms with Gasteiger partial charge in [0.15, 0.2) is 23.9 Å². The van der Waals surface area contributed by atoms with Crippen molar-refractivity contribution in [2.45, 2.75) is 13.8 Å². The standard InChI is InChI=1S/C22H27N3O3/c1-3-27-20-7-5-18(17-21(20)28-4-2)6-8-22(26)25-15-13-24(14-16-25)19-9-11-23-12-10-19/h5-12,17H,3-4,13-16H2,1-2H3/p+1/b8-6+. The monoisotopic (exact) mass is 382 g/mol. The molecular formula is C22H28N3O3+. The number of benzene rings is 1. The molecular weight excluding hydrogens is 354 g/mol. The van der Waals surface area contributed by atoms with Gasteiger partial charge < -0.3 is 19.3 Å².